The molecule has 214 valence electrons. The number of anilines is 1. The molecule has 0 unspecified atom stereocenters. The molecule has 0 atom stereocenters. The van der Waals surface area contributed by atoms with Crippen molar-refractivity contribution < 1.29 is 27.8 Å². The molecule has 0 N–H and O–H groups in total. The Labute approximate surface area is 227 Å². The Kier molecular flexibility index (Phi) is 12.7. The summed E-state index contributed by atoms with van der Waals surface area (Å²) in [5, 5.41) is 0.0882. The molecule has 0 aliphatic rings. The maximum Gasteiger partial charge on any atom is 0.413 e. The maximum absolute atomic E-state index is 15.0. The second kappa shape index (κ2) is 15.7. The Morgan fingerprint density at radius 3 is 2.59 bits per heavy atom. The molecule has 0 bridgehead atoms. The zero-order chi connectivity index (χ0) is 28.9. The molecule has 0 aliphatic carbocycles. The van der Waals surface area contributed by atoms with Gasteiger partial charge < -0.3 is 18.9 Å². The number of Topliss-reactive ketones (excluding diaryl/α,β-unsaturated/α-hetero) is 1. The summed E-state index contributed by atoms with van der Waals surface area (Å²) in [7, 11) is 3.23. The number of ether oxygens (including phenoxy) is 2. The molecular formula is C28H38F2N4O5. The molecule has 0 saturated heterocycles. The van der Waals surface area contributed by atoms with Crippen molar-refractivity contribution >= 4 is 28.7 Å². The first kappa shape index (κ1) is 31.6. The van der Waals surface area contributed by atoms with Crippen molar-refractivity contribution in [2.24, 2.45) is 0 Å². The monoisotopic (exact) mass is 548 g/mol. The van der Waals surface area contributed by atoms with Crippen LogP contribution in [0.25, 0.3) is 11.0 Å². The van der Waals surface area contributed by atoms with E-state index in [2.05, 4.69) is 4.98 Å². The van der Waals surface area contributed by atoms with E-state index in [1.165, 1.54) is 31.1 Å². The molecular weight excluding hydrogens is 510 g/mol. The van der Waals surface area contributed by atoms with E-state index in [1.807, 2.05) is 6.92 Å². The summed E-state index contributed by atoms with van der Waals surface area (Å²) in [6.45, 7) is 6.24. The standard InChI is InChI=1S/C28H38F2N4O5/c1-6-14-34-19-23(20(3)35)25(36)22-18-24(30)27(31-26(22)34)32(4)15-8-9-16-38-17-10-11-21(12-13-29)33(5)28(37)39-7-2/h10-12,18-19H,6-9,13-17H2,1-5H3/b11-10-,21-12+. The van der Waals surface area contributed by atoms with Gasteiger partial charge >= 0.3 is 6.09 Å². The van der Waals surface area contributed by atoms with Crippen molar-refractivity contribution in [3.63, 3.8) is 0 Å². The highest BCUT2D eigenvalue weighted by molar-refractivity contribution is 5.96. The first-order valence-electron chi connectivity index (χ1n) is 13.0. The van der Waals surface area contributed by atoms with Gasteiger partial charge in [-0.1, -0.05) is 13.0 Å². The Bertz CT molecular complexity index is 1260. The molecule has 9 nitrogen and oxygen atoms in total. The lowest BCUT2D eigenvalue weighted by Crippen LogP contribution is -2.26. The summed E-state index contributed by atoms with van der Waals surface area (Å²) >= 11 is 0. The summed E-state index contributed by atoms with van der Waals surface area (Å²) in [5.74, 6) is -0.868. The molecule has 0 fully saturated rings. The molecule has 0 spiro atoms. The quantitative estimate of drug-likeness (QED) is 0.178. The number of carbonyl (C=O) groups excluding carboxylic acids is 2. The largest absolute Gasteiger partial charge is 0.449 e. The predicted molar refractivity (Wildman–Crippen MR) is 148 cm³/mol. The molecule has 2 rings (SSSR count). The van der Waals surface area contributed by atoms with E-state index in [-0.39, 0.29) is 35.8 Å². The Morgan fingerprint density at radius 1 is 1.21 bits per heavy atom. The predicted octanol–water partition coefficient (Wildman–Crippen LogP) is 4.88. The van der Waals surface area contributed by atoms with E-state index >= 15 is 0 Å². The van der Waals surface area contributed by atoms with Gasteiger partial charge in [0.15, 0.2) is 17.4 Å². The minimum absolute atomic E-state index is 0.0220. The van der Waals surface area contributed by atoms with Crippen LogP contribution >= 0.6 is 0 Å². The van der Waals surface area contributed by atoms with Gasteiger partial charge in [-0.2, -0.15) is 0 Å². The van der Waals surface area contributed by atoms with Crippen LogP contribution < -0.4 is 10.3 Å². The van der Waals surface area contributed by atoms with E-state index in [1.54, 1.807) is 35.6 Å². The van der Waals surface area contributed by atoms with Gasteiger partial charge in [-0.3, -0.25) is 14.5 Å². The summed E-state index contributed by atoms with van der Waals surface area (Å²) in [6.07, 6.45) is 7.63. The number of pyridine rings is 2. The number of hydrogen-bond donors (Lipinski definition) is 0. The van der Waals surface area contributed by atoms with Gasteiger partial charge in [-0.15, -0.1) is 0 Å². The number of ketones is 1. The third-order valence-electron chi connectivity index (χ3n) is 5.94. The fraction of sp³-hybridized carbons (Fsp3) is 0.500. The van der Waals surface area contributed by atoms with Crippen molar-refractivity contribution in [1.82, 2.24) is 14.5 Å². The second-order valence-corrected chi connectivity index (χ2v) is 8.93. The Hall–Kier alpha value is -3.60. The summed E-state index contributed by atoms with van der Waals surface area (Å²) in [5.41, 5.74) is 0.221. The molecule has 0 saturated carbocycles. The number of aryl methyl sites for hydroxylation is 1. The molecule has 2 aromatic rings. The number of alkyl halides is 1. The fourth-order valence-corrected chi connectivity index (χ4v) is 3.91. The highest BCUT2D eigenvalue weighted by Crippen LogP contribution is 2.21. The molecule has 1 amide bonds. The molecule has 39 heavy (non-hydrogen) atoms. The number of amides is 1. The lowest BCUT2D eigenvalue weighted by Gasteiger charge is -2.20. The normalized spacial score (nSPS) is 11.8. The maximum atomic E-state index is 15.0. The van der Waals surface area contributed by atoms with Crippen molar-refractivity contribution in [1.29, 1.82) is 0 Å². The second-order valence-electron chi connectivity index (χ2n) is 8.93. The van der Waals surface area contributed by atoms with E-state index in [4.69, 9.17) is 9.47 Å². The SMILES string of the molecule is CCCn1cc(C(C)=O)c(=O)c2cc(F)c(N(C)CCCCOC/C=C\C(=C/CF)N(C)C(=O)OCC)nc21. The molecule has 0 aromatic carbocycles. The van der Waals surface area contributed by atoms with Gasteiger partial charge in [0.25, 0.3) is 0 Å². The van der Waals surface area contributed by atoms with Crippen LogP contribution in [0.5, 0.6) is 0 Å². The molecule has 2 aromatic heterocycles. The van der Waals surface area contributed by atoms with Crippen molar-refractivity contribution in [2.45, 2.75) is 46.6 Å². The van der Waals surface area contributed by atoms with Gasteiger partial charge in [-0.05, 0) is 51.3 Å². The third-order valence-corrected chi connectivity index (χ3v) is 5.94. The van der Waals surface area contributed by atoms with Crippen LogP contribution in [-0.4, -0.2) is 73.5 Å². The zero-order valence-corrected chi connectivity index (χ0v) is 23.3. The summed E-state index contributed by atoms with van der Waals surface area (Å²) < 4.78 is 40.0. The van der Waals surface area contributed by atoms with Crippen LogP contribution in [0.3, 0.4) is 0 Å². The minimum Gasteiger partial charge on any atom is -0.449 e. The van der Waals surface area contributed by atoms with Crippen LogP contribution in [0.4, 0.5) is 19.4 Å². The molecule has 2 heterocycles. The first-order chi connectivity index (χ1) is 18.7. The number of likely N-dealkylation sites (N-methyl/N-ethyl adjacent to an activating group) is 1. The first-order valence-corrected chi connectivity index (χ1v) is 13.0. The summed E-state index contributed by atoms with van der Waals surface area (Å²) in [4.78, 5) is 43.8. The van der Waals surface area contributed by atoms with E-state index in [0.717, 1.165) is 12.5 Å². The van der Waals surface area contributed by atoms with Crippen molar-refractivity contribution in [3.05, 3.63) is 57.8 Å². The van der Waals surface area contributed by atoms with Crippen LogP contribution in [0.15, 0.2) is 41.0 Å². The van der Waals surface area contributed by atoms with Crippen LogP contribution in [-0.2, 0) is 16.0 Å². The van der Waals surface area contributed by atoms with Gasteiger partial charge in [-0.25, -0.2) is 18.6 Å². The number of aromatic nitrogens is 2. The lowest BCUT2D eigenvalue weighted by molar-refractivity contribution is 0.101. The van der Waals surface area contributed by atoms with Gasteiger partial charge in [0.05, 0.1) is 24.2 Å². The number of halogens is 2. The number of rotatable bonds is 15. The summed E-state index contributed by atoms with van der Waals surface area (Å²) in [6, 6.07) is 1.16. The van der Waals surface area contributed by atoms with Crippen molar-refractivity contribution in [2.75, 3.05) is 52.0 Å². The number of fused-ring (bicyclic) bond motifs is 1. The third kappa shape index (κ3) is 8.71. The average Bonchev–Trinajstić information content (AvgIpc) is 2.90. The number of nitrogens with zero attached hydrogens (tertiary/aromatic N) is 4. The fourth-order valence-electron chi connectivity index (χ4n) is 3.91. The van der Waals surface area contributed by atoms with Gasteiger partial charge in [0, 0.05) is 45.7 Å². The highest BCUT2D eigenvalue weighted by Gasteiger charge is 2.18. The number of unbranched alkanes of at least 4 members (excludes halogenated alkanes) is 1. The molecule has 0 aliphatic heterocycles. The topological polar surface area (TPSA) is 94.0 Å². The average molecular weight is 549 g/mol. The van der Waals surface area contributed by atoms with Crippen LogP contribution in [0, 0.1) is 5.82 Å². The smallest absolute Gasteiger partial charge is 0.413 e. The van der Waals surface area contributed by atoms with Gasteiger partial charge in [0.2, 0.25) is 5.43 Å². The lowest BCUT2D eigenvalue weighted by atomic mass is 10.1. The number of allylic oxidation sites excluding steroid dienone is 2. The van der Waals surface area contributed by atoms with Crippen molar-refractivity contribution in [3.8, 4) is 0 Å². The Balaban J connectivity index is 1.95. The Morgan fingerprint density at radius 2 is 1.95 bits per heavy atom. The molecule has 0 radical (unpaired) electrons. The van der Waals surface area contributed by atoms with E-state index in [9.17, 15) is 23.2 Å². The number of carbonyl (C=O) groups is 2. The van der Waals surface area contributed by atoms with Gasteiger partial charge in [0.1, 0.15) is 12.3 Å². The zero-order valence-electron chi connectivity index (χ0n) is 23.3. The minimum atomic E-state index is -0.722. The number of hydrogen-bond acceptors (Lipinski definition) is 7. The van der Waals surface area contributed by atoms with E-state index in [0.29, 0.717) is 43.9 Å². The van der Waals surface area contributed by atoms with E-state index < -0.39 is 24.0 Å². The van der Waals surface area contributed by atoms with Crippen LogP contribution in [0.2, 0.25) is 0 Å². The van der Waals surface area contributed by atoms with Crippen LogP contribution in [0.1, 0.15) is 50.4 Å². The highest BCUT2D eigenvalue weighted by atomic mass is 19.1. The molecule has 11 heteroatoms.